The van der Waals surface area contributed by atoms with Crippen LogP contribution in [-0.2, 0) is 6.42 Å². The lowest BCUT2D eigenvalue weighted by Crippen LogP contribution is -2.04. The first-order chi connectivity index (χ1) is 7.15. The molecule has 0 saturated carbocycles. The standard InChI is InChI=1S/C12H19N3/c1-4-11(13)7-10-6-9(3)15-12(8-10)14-5-2/h6,8,13H,4-5,7H2,1-3H3,(H,14,15). The average Bonchev–Trinajstić information content (AvgIpc) is 2.17. The van der Waals surface area contributed by atoms with Crippen LogP contribution in [0.2, 0.25) is 0 Å². The van der Waals surface area contributed by atoms with Crippen molar-refractivity contribution in [1.82, 2.24) is 4.98 Å². The third kappa shape index (κ3) is 3.70. The second-order valence-electron chi connectivity index (χ2n) is 3.67. The van der Waals surface area contributed by atoms with Gasteiger partial charge in [0.25, 0.3) is 0 Å². The highest BCUT2D eigenvalue weighted by atomic mass is 15.0. The molecule has 3 nitrogen and oxygen atoms in total. The fourth-order valence-corrected chi connectivity index (χ4v) is 1.49. The Labute approximate surface area is 91.4 Å². The topological polar surface area (TPSA) is 48.8 Å². The summed E-state index contributed by atoms with van der Waals surface area (Å²) in [5.41, 5.74) is 2.95. The van der Waals surface area contributed by atoms with Gasteiger partial charge >= 0.3 is 0 Å². The first-order valence-corrected chi connectivity index (χ1v) is 5.43. The lowest BCUT2D eigenvalue weighted by molar-refractivity contribution is 1.09. The van der Waals surface area contributed by atoms with E-state index in [-0.39, 0.29) is 0 Å². The van der Waals surface area contributed by atoms with Gasteiger partial charge in [0.1, 0.15) is 5.82 Å². The third-order valence-corrected chi connectivity index (χ3v) is 2.22. The van der Waals surface area contributed by atoms with Gasteiger partial charge in [-0.1, -0.05) is 6.92 Å². The maximum absolute atomic E-state index is 7.68. The molecule has 0 fully saturated rings. The monoisotopic (exact) mass is 205 g/mol. The zero-order chi connectivity index (χ0) is 11.3. The van der Waals surface area contributed by atoms with Crippen LogP contribution in [0.1, 0.15) is 31.5 Å². The second-order valence-corrected chi connectivity index (χ2v) is 3.67. The van der Waals surface area contributed by atoms with Crippen LogP contribution in [0.5, 0.6) is 0 Å². The predicted molar refractivity (Wildman–Crippen MR) is 64.9 cm³/mol. The molecule has 0 aromatic carbocycles. The highest BCUT2D eigenvalue weighted by molar-refractivity contribution is 5.83. The van der Waals surface area contributed by atoms with Gasteiger partial charge in [0.15, 0.2) is 0 Å². The molecule has 1 heterocycles. The van der Waals surface area contributed by atoms with Gasteiger partial charge in [-0.15, -0.1) is 0 Å². The molecule has 0 unspecified atom stereocenters. The van der Waals surface area contributed by atoms with Gasteiger partial charge in [0.2, 0.25) is 0 Å². The third-order valence-electron chi connectivity index (χ3n) is 2.22. The molecule has 0 atom stereocenters. The Morgan fingerprint density at radius 3 is 2.73 bits per heavy atom. The molecule has 3 heteroatoms. The van der Waals surface area contributed by atoms with Crippen molar-refractivity contribution >= 4 is 11.5 Å². The summed E-state index contributed by atoms with van der Waals surface area (Å²) in [6, 6.07) is 4.08. The number of aryl methyl sites for hydroxylation is 1. The second kappa shape index (κ2) is 5.49. The molecule has 0 aliphatic heterocycles. The highest BCUT2D eigenvalue weighted by Crippen LogP contribution is 2.11. The van der Waals surface area contributed by atoms with Crippen molar-refractivity contribution in [3.8, 4) is 0 Å². The van der Waals surface area contributed by atoms with Crippen LogP contribution in [0, 0.1) is 12.3 Å². The summed E-state index contributed by atoms with van der Waals surface area (Å²) in [7, 11) is 0. The Bertz CT molecular complexity index is 345. The van der Waals surface area contributed by atoms with Crippen LogP contribution in [0.4, 0.5) is 5.82 Å². The minimum atomic E-state index is 0.734. The van der Waals surface area contributed by atoms with Gasteiger partial charge < -0.3 is 10.7 Å². The summed E-state index contributed by atoms with van der Waals surface area (Å²) >= 11 is 0. The van der Waals surface area contributed by atoms with Crippen LogP contribution >= 0.6 is 0 Å². The molecule has 0 saturated heterocycles. The molecule has 1 aromatic heterocycles. The van der Waals surface area contributed by atoms with Crippen molar-refractivity contribution in [3.63, 3.8) is 0 Å². The minimum absolute atomic E-state index is 0.734. The summed E-state index contributed by atoms with van der Waals surface area (Å²) < 4.78 is 0. The van der Waals surface area contributed by atoms with Crippen molar-refractivity contribution in [2.45, 2.75) is 33.6 Å². The number of nitrogens with one attached hydrogen (secondary N) is 2. The summed E-state index contributed by atoms with van der Waals surface area (Å²) in [5, 5.41) is 10.9. The van der Waals surface area contributed by atoms with E-state index in [1.54, 1.807) is 0 Å². The smallest absolute Gasteiger partial charge is 0.126 e. The fraction of sp³-hybridized carbons (Fsp3) is 0.500. The molecule has 0 spiro atoms. The van der Waals surface area contributed by atoms with Gasteiger partial charge in [-0.2, -0.15) is 0 Å². The largest absolute Gasteiger partial charge is 0.370 e. The average molecular weight is 205 g/mol. The van der Waals surface area contributed by atoms with Crippen LogP contribution in [0.3, 0.4) is 0 Å². The molecule has 15 heavy (non-hydrogen) atoms. The maximum atomic E-state index is 7.68. The molecule has 0 aliphatic rings. The molecule has 0 amide bonds. The molecule has 0 bridgehead atoms. The van der Waals surface area contributed by atoms with Crippen molar-refractivity contribution in [2.24, 2.45) is 0 Å². The zero-order valence-corrected chi connectivity index (χ0v) is 9.72. The number of hydrogen-bond acceptors (Lipinski definition) is 3. The lowest BCUT2D eigenvalue weighted by atomic mass is 10.1. The van der Waals surface area contributed by atoms with Crippen LogP contribution in [0.25, 0.3) is 0 Å². The quantitative estimate of drug-likeness (QED) is 0.726. The van der Waals surface area contributed by atoms with E-state index in [1.807, 2.05) is 26.0 Å². The molecular formula is C12H19N3. The van der Waals surface area contributed by atoms with Crippen LogP contribution in [-0.4, -0.2) is 17.2 Å². The SMILES string of the molecule is CCNc1cc(CC(=N)CC)cc(C)n1. The normalized spacial score (nSPS) is 10.1. The Morgan fingerprint density at radius 1 is 1.40 bits per heavy atom. The van der Waals surface area contributed by atoms with E-state index in [2.05, 4.69) is 17.2 Å². The zero-order valence-electron chi connectivity index (χ0n) is 9.72. The Hall–Kier alpha value is -1.38. The number of anilines is 1. The Morgan fingerprint density at radius 2 is 2.13 bits per heavy atom. The molecule has 82 valence electrons. The van der Waals surface area contributed by atoms with Crippen molar-refractivity contribution in [1.29, 1.82) is 5.41 Å². The first kappa shape index (κ1) is 11.7. The number of hydrogen-bond donors (Lipinski definition) is 2. The van der Waals surface area contributed by atoms with Gasteiger partial charge in [0.05, 0.1) is 0 Å². The molecular weight excluding hydrogens is 186 g/mol. The Balaban J connectivity index is 2.83. The van der Waals surface area contributed by atoms with Gasteiger partial charge in [-0.25, -0.2) is 4.98 Å². The van der Waals surface area contributed by atoms with E-state index < -0.39 is 0 Å². The van der Waals surface area contributed by atoms with Crippen LogP contribution < -0.4 is 5.32 Å². The van der Waals surface area contributed by atoms with E-state index in [9.17, 15) is 0 Å². The molecule has 2 N–H and O–H groups in total. The van der Waals surface area contributed by atoms with Gasteiger partial charge in [0, 0.05) is 24.4 Å². The van der Waals surface area contributed by atoms with E-state index in [0.717, 1.165) is 36.6 Å². The fourth-order valence-electron chi connectivity index (χ4n) is 1.49. The number of nitrogens with zero attached hydrogens (tertiary/aromatic N) is 1. The van der Waals surface area contributed by atoms with Crippen LogP contribution in [0.15, 0.2) is 12.1 Å². The van der Waals surface area contributed by atoms with Gasteiger partial charge in [-0.05, 0) is 38.0 Å². The van der Waals surface area contributed by atoms with Crippen molar-refractivity contribution < 1.29 is 0 Å². The van der Waals surface area contributed by atoms with E-state index in [0.29, 0.717) is 0 Å². The summed E-state index contributed by atoms with van der Waals surface area (Å²) in [4.78, 5) is 4.38. The Kier molecular flexibility index (Phi) is 4.28. The van der Waals surface area contributed by atoms with E-state index in [1.165, 1.54) is 5.56 Å². The lowest BCUT2D eigenvalue weighted by Gasteiger charge is -2.07. The molecule has 0 aliphatic carbocycles. The minimum Gasteiger partial charge on any atom is -0.370 e. The number of rotatable bonds is 5. The molecule has 1 rings (SSSR count). The molecule has 0 radical (unpaired) electrons. The summed E-state index contributed by atoms with van der Waals surface area (Å²) in [6.07, 6.45) is 1.55. The van der Waals surface area contributed by atoms with Gasteiger partial charge in [-0.3, -0.25) is 0 Å². The summed E-state index contributed by atoms with van der Waals surface area (Å²) in [6.45, 7) is 6.93. The maximum Gasteiger partial charge on any atom is 0.126 e. The first-order valence-electron chi connectivity index (χ1n) is 5.43. The predicted octanol–water partition coefficient (Wildman–Crippen LogP) is 2.79. The molecule has 1 aromatic rings. The number of aromatic nitrogens is 1. The van der Waals surface area contributed by atoms with Crippen molar-refractivity contribution in [3.05, 3.63) is 23.4 Å². The summed E-state index contributed by atoms with van der Waals surface area (Å²) in [5.74, 6) is 0.913. The highest BCUT2D eigenvalue weighted by Gasteiger charge is 2.01. The number of pyridine rings is 1. The van der Waals surface area contributed by atoms with Crippen molar-refractivity contribution in [2.75, 3.05) is 11.9 Å². The van der Waals surface area contributed by atoms with E-state index in [4.69, 9.17) is 5.41 Å². The van der Waals surface area contributed by atoms with E-state index >= 15 is 0 Å².